The van der Waals surface area contributed by atoms with Gasteiger partial charge in [-0.1, -0.05) is 6.07 Å². The number of hydrogen-bond acceptors (Lipinski definition) is 6. The zero-order chi connectivity index (χ0) is 22.0. The van der Waals surface area contributed by atoms with Gasteiger partial charge in [-0.05, 0) is 42.8 Å². The highest BCUT2D eigenvalue weighted by Crippen LogP contribution is 2.25. The summed E-state index contributed by atoms with van der Waals surface area (Å²) in [5, 5.41) is 2.82. The summed E-state index contributed by atoms with van der Waals surface area (Å²) in [6.07, 6.45) is 2.99. The first-order valence-electron chi connectivity index (χ1n) is 9.97. The average molecular weight is 421 g/mol. The van der Waals surface area contributed by atoms with E-state index in [2.05, 4.69) is 15.3 Å². The lowest BCUT2D eigenvalue weighted by atomic mass is 10.1. The van der Waals surface area contributed by atoms with E-state index in [1.807, 2.05) is 55.1 Å². The van der Waals surface area contributed by atoms with Crippen LogP contribution in [0.1, 0.15) is 16.1 Å². The van der Waals surface area contributed by atoms with E-state index >= 15 is 0 Å². The third-order valence-electron chi connectivity index (χ3n) is 5.13. The van der Waals surface area contributed by atoms with Crippen molar-refractivity contribution >= 4 is 23.1 Å². The van der Waals surface area contributed by atoms with Gasteiger partial charge in [0.05, 0.1) is 25.5 Å². The van der Waals surface area contributed by atoms with Crippen molar-refractivity contribution in [3.63, 3.8) is 0 Å². The molecule has 1 fully saturated rings. The molecule has 0 bridgehead atoms. The van der Waals surface area contributed by atoms with Crippen LogP contribution in [0.15, 0.2) is 54.9 Å². The minimum absolute atomic E-state index is 0.0459. The van der Waals surface area contributed by atoms with Crippen LogP contribution in [-0.2, 0) is 0 Å². The van der Waals surface area contributed by atoms with Gasteiger partial charge in [0, 0.05) is 31.5 Å². The number of benzene rings is 2. The van der Waals surface area contributed by atoms with E-state index in [4.69, 9.17) is 4.74 Å². The number of carbonyl (C=O) groups excluding carboxylic acids is 1. The minimum Gasteiger partial charge on any atom is -0.486 e. The Balaban J connectivity index is 1.31. The molecule has 1 aliphatic rings. The zero-order valence-electron chi connectivity index (χ0n) is 17.7. The maximum Gasteiger partial charge on any atom is 0.275 e. The topological polar surface area (TPSA) is 70.6 Å². The largest absolute Gasteiger partial charge is 0.486 e. The Labute approximate surface area is 180 Å². The Hall–Kier alpha value is -3.68. The smallest absolute Gasteiger partial charge is 0.275 e. The van der Waals surface area contributed by atoms with Crippen molar-refractivity contribution in [1.29, 1.82) is 0 Å². The van der Waals surface area contributed by atoms with Crippen LogP contribution in [0.4, 0.5) is 21.6 Å². The average Bonchev–Trinajstić information content (AvgIpc) is 2.73. The fourth-order valence-electron chi connectivity index (χ4n) is 3.22. The number of aryl methyl sites for hydroxylation is 1. The quantitative estimate of drug-likeness (QED) is 0.657. The summed E-state index contributed by atoms with van der Waals surface area (Å²) in [5.74, 6) is 0.595. The normalized spacial score (nSPS) is 13.5. The lowest BCUT2D eigenvalue weighted by Gasteiger charge is -2.39. The van der Waals surface area contributed by atoms with Crippen molar-refractivity contribution in [3.8, 4) is 5.75 Å². The van der Waals surface area contributed by atoms with Gasteiger partial charge in [0.15, 0.2) is 0 Å². The van der Waals surface area contributed by atoms with Crippen LogP contribution >= 0.6 is 0 Å². The van der Waals surface area contributed by atoms with Crippen LogP contribution < -0.4 is 19.9 Å². The molecule has 1 amide bonds. The molecule has 31 heavy (non-hydrogen) atoms. The fourth-order valence-corrected chi connectivity index (χ4v) is 3.22. The van der Waals surface area contributed by atoms with Gasteiger partial charge in [0.1, 0.15) is 29.2 Å². The number of aromatic nitrogens is 2. The molecule has 160 valence electrons. The maximum absolute atomic E-state index is 13.4. The number of hydrogen-bond donors (Lipinski definition) is 1. The summed E-state index contributed by atoms with van der Waals surface area (Å²) in [6, 6.07) is 12.1. The van der Waals surface area contributed by atoms with E-state index in [0.29, 0.717) is 30.3 Å². The number of ether oxygens (including phenoxy) is 1. The summed E-state index contributed by atoms with van der Waals surface area (Å²) in [5.41, 5.74) is 2.87. The second-order valence-electron chi connectivity index (χ2n) is 7.71. The molecule has 1 aliphatic heterocycles. The lowest BCUT2D eigenvalue weighted by molar-refractivity contribution is 0.102. The molecule has 7 nitrogen and oxygen atoms in total. The first-order valence-corrected chi connectivity index (χ1v) is 9.97. The number of nitrogens with zero attached hydrogens (tertiary/aromatic N) is 4. The maximum atomic E-state index is 13.4. The minimum atomic E-state index is -0.317. The van der Waals surface area contributed by atoms with Crippen molar-refractivity contribution in [1.82, 2.24) is 9.97 Å². The van der Waals surface area contributed by atoms with Gasteiger partial charge in [-0.25, -0.2) is 14.4 Å². The van der Waals surface area contributed by atoms with Crippen LogP contribution in [0.5, 0.6) is 5.75 Å². The summed E-state index contributed by atoms with van der Waals surface area (Å²) in [6.45, 7) is 3.12. The van der Waals surface area contributed by atoms with Crippen molar-refractivity contribution in [2.24, 2.45) is 0 Å². The third-order valence-corrected chi connectivity index (χ3v) is 5.13. The number of anilines is 3. The molecule has 0 atom stereocenters. The standard InChI is InChI=1S/C23H24FN5O2/c1-15-4-5-16(24)10-21(15)31-19-13-29(14-19)22-12-25-20(11-26-22)23(30)27-17-6-8-18(9-7-17)28(2)3/h4-12,19H,13-14H2,1-3H3,(H,27,30). The highest BCUT2D eigenvalue weighted by Gasteiger charge is 2.30. The molecule has 2 heterocycles. The zero-order valence-corrected chi connectivity index (χ0v) is 17.7. The predicted molar refractivity (Wildman–Crippen MR) is 119 cm³/mol. The van der Waals surface area contributed by atoms with Crippen molar-refractivity contribution in [2.45, 2.75) is 13.0 Å². The molecule has 3 aromatic rings. The van der Waals surface area contributed by atoms with Crippen molar-refractivity contribution < 1.29 is 13.9 Å². The van der Waals surface area contributed by atoms with Gasteiger partial charge >= 0.3 is 0 Å². The molecule has 2 aromatic carbocycles. The lowest BCUT2D eigenvalue weighted by Crippen LogP contribution is -2.54. The van der Waals surface area contributed by atoms with E-state index < -0.39 is 0 Å². The monoisotopic (exact) mass is 421 g/mol. The first kappa shape index (κ1) is 20.6. The summed E-state index contributed by atoms with van der Waals surface area (Å²) < 4.78 is 19.3. The summed E-state index contributed by atoms with van der Waals surface area (Å²) >= 11 is 0. The second kappa shape index (κ2) is 8.59. The predicted octanol–water partition coefficient (Wildman–Crippen LogP) is 3.51. The molecular weight excluding hydrogens is 397 g/mol. The Morgan fingerprint density at radius 3 is 2.52 bits per heavy atom. The molecule has 0 aliphatic carbocycles. The molecule has 8 heteroatoms. The number of halogens is 1. The van der Waals surface area contributed by atoms with E-state index in [0.717, 1.165) is 11.3 Å². The number of rotatable bonds is 6. The molecule has 4 rings (SSSR count). The molecule has 1 N–H and O–H groups in total. The molecule has 0 unspecified atom stereocenters. The van der Waals surface area contributed by atoms with Crippen LogP contribution in [0, 0.1) is 12.7 Å². The third kappa shape index (κ3) is 4.74. The summed E-state index contributed by atoms with van der Waals surface area (Å²) in [7, 11) is 3.92. The van der Waals surface area contributed by atoms with Gasteiger partial charge < -0.3 is 19.9 Å². The van der Waals surface area contributed by atoms with Crippen LogP contribution in [0.3, 0.4) is 0 Å². The Kier molecular flexibility index (Phi) is 5.70. The second-order valence-corrected chi connectivity index (χ2v) is 7.71. The SMILES string of the molecule is Cc1ccc(F)cc1OC1CN(c2cnc(C(=O)Nc3ccc(N(C)C)cc3)cn2)C1. The Morgan fingerprint density at radius 2 is 1.87 bits per heavy atom. The highest BCUT2D eigenvalue weighted by atomic mass is 19.1. The van der Waals surface area contributed by atoms with Crippen LogP contribution in [-0.4, -0.2) is 49.2 Å². The molecule has 0 radical (unpaired) electrons. The Bertz CT molecular complexity index is 1060. The molecule has 0 saturated carbocycles. The van der Waals surface area contributed by atoms with Crippen molar-refractivity contribution in [3.05, 3.63) is 71.9 Å². The molecule has 1 aromatic heterocycles. The van der Waals surface area contributed by atoms with Gasteiger partial charge in [0.25, 0.3) is 5.91 Å². The van der Waals surface area contributed by atoms with Crippen molar-refractivity contribution in [2.75, 3.05) is 42.3 Å². The fraction of sp³-hybridized carbons (Fsp3) is 0.261. The van der Waals surface area contributed by atoms with Gasteiger partial charge in [0.2, 0.25) is 0 Å². The van der Waals surface area contributed by atoms with Gasteiger partial charge in [-0.2, -0.15) is 0 Å². The van der Waals surface area contributed by atoms with Gasteiger partial charge in [-0.15, -0.1) is 0 Å². The molecule has 0 spiro atoms. The number of amides is 1. The van der Waals surface area contributed by atoms with E-state index in [1.165, 1.54) is 18.3 Å². The van der Waals surface area contributed by atoms with E-state index in [1.54, 1.807) is 12.3 Å². The van der Waals surface area contributed by atoms with E-state index in [9.17, 15) is 9.18 Å². The molecular formula is C23H24FN5O2. The van der Waals surface area contributed by atoms with E-state index in [-0.39, 0.29) is 23.5 Å². The number of nitrogens with one attached hydrogen (secondary N) is 1. The van der Waals surface area contributed by atoms with Crippen LogP contribution in [0.2, 0.25) is 0 Å². The summed E-state index contributed by atoms with van der Waals surface area (Å²) in [4.78, 5) is 25.0. The van der Waals surface area contributed by atoms with Gasteiger partial charge in [-0.3, -0.25) is 4.79 Å². The first-order chi connectivity index (χ1) is 14.9. The highest BCUT2D eigenvalue weighted by molar-refractivity contribution is 6.02. The molecule has 1 saturated heterocycles. The number of carbonyl (C=O) groups is 1. The van der Waals surface area contributed by atoms with Crippen LogP contribution in [0.25, 0.3) is 0 Å². The Morgan fingerprint density at radius 1 is 1.13 bits per heavy atom.